The van der Waals surface area contributed by atoms with Gasteiger partial charge in [0.15, 0.2) is 0 Å². The fourth-order valence-electron chi connectivity index (χ4n) is 3.46. The van der Waals surface area contributed by atoms with Crippen LogP contribution >= 0.6 is 0 Å². The summed E-state index contributed by atoms with van der Waals surface area (Å²) < 4.78 is 13.0. The predicted octanol–water partition coefficient (Wildman–Crippen LogP) is 4.52. The van der Waals surface area contributed by atoms with Gasteiger partial charge in [0.05, 0.1) is 6.20 Å². The molecule has 3 aromatic rings. The number of hydrogen-bond acceptors (Lipinski definition) is 2. The third kappa shape index (κ3) is 3.36. The van der Waals surface area contributed by atoms with Gasteiger partial charge >= 0.3 is 0 Å². The highest BCUT2D eigenvalue weighted by Crippen LogP contribution is 2.29. The fraction of sp³-hybridized carbons (Fsp3) is 0.182. The minimum atomic E-state index is -0.431. The standard InChI is InChI=1S/C22H19FN2O/c23-20-10-11-21(24-14-20)22(26)25-13-12-19(15-25)18-8-6-17(7-9-18)16-4-2-1-3-5-16/h1-11,14,19H,12-13,15H2. The Kier molecular flexibility index (Phi) is 4.48. The Morgan fingerprint density at radius 1 is 0.962 bits per heavy atom. The third-order valence-electron chi connectivity index (χ3n) is 4.91. The van der Waals surface area contributed by atoms with Crippen LogP contribution in [0.3, 0.4) is 0 Å². The van der Waals surface area contributed by atoms with Crippen LogP contribution in [0.4, 0.5) is 4.39 Å². The van der Waals surface area contributed by atoms with Crippen LogP contribution in [0.15, 0.2) is 72.9 Å². The van der Waals surface area contributed by atoms with Gasteiger partial charge in [-0.05, 0) is 35.2 Å². The molecule has 1 aliphatic rings. The quantitative estimate of drug-likeness (QED) is 0.699. The van der Waals surface area contributed by atoms with E-state index in [1.807, 2.05) is 18.2 Å². The molecule has 1 amide bonds. The Hall–Kier alpha value is -3.01. The van der Waals surface area contributed by atoms with E-state index in [4.69, 9.17) is 0 Å². The van der Waals surface area contributed by atoms with Crippen molar-refractivity contribution in [3.8, 4) is 11.1 Å². The number of halogens is 1. The van der Waals surface area contributed by atoms with Crippen LogP contribution < -0.4 is 0 Å². The SMILES string of the molecule is O=C(c1ccc(F)cn1)N1CCC(c2ccc(-c3ccccc3)cc2)C1. The molecule has 1 saturated heterocycles. The Bertz CT molecular complexity index is 892. The Balaban J connectivity index is 1.45. The molecular weight excluding hydrogens is 327 g/mol. The Morgan fingerprint density at radius 2 is 1.69 bits per heavy atom. The molecular formula is C22H19FN2O. The number of nitrogens with zero attached hydrogens (tertiary/aromatic N) is 2. The Morgan fingerprint density at radius 3 is 2.38 bits per heavy atom. The molecule has 130 valence electrons. The summed E-state index contributed by atoms with van der Waals surface area (Å²) in [6, 6.07) is 21.6. The lowest BCUT2D eigenvalue weighted by molar-refractivity contribution is 0.0785. The molecule has 0 spiro atoms. The normalized spacial score (nSPS) is 16.7. The van der Waals surface area contributed by atoms with E-state index in [1.54, 1.807) is 4.90 Å². The van der Waals surface area contributed by atoms with Crippen LogP contribution in [0.2, 0.25) is 0 Å². The molecule has 1 atom stereocenters. The second kappa shape index (κ2) is 7.08. The van der Waals surface area contributed by atoms with Gasteiger partial charge in [0.2, 0.25) is 0 Å². The number of benzene rings is 2. The number of carbonyl (C=O) groups excluding carboxylic acids is 1. The average molecular weight is 346 g/mol. The van der Waals surface area contributed by atoms with Crippen molar-refractivity contribution in [2.24, 2.45) is 0 Å². The molecule has 0 aliphatic carbocycles. The van der Waals surface area contributed by atoms with Gasteiger partial charge in [0.25, 0.3) is 5.91 Å². The number of likely N-dealkylation sites (tertiary alicyclic amines) is 1. The zero-order chi connectivity index (χ0) is 17.9. The number of carbonyl (C=O) groups is 1. The van der Waals surface area contributed by atoms with Crippen molar-refractivity contribution < 1.29 is 9.18 Å². The van der Waals surface area contributed by atoms with Crippen LogP contribution in [0, 0.1) is 5.82 Å². The van der Waals surface area contributed by atoms with Crippen LogP contribution in [0.1, 0.15) is 28.4 Å². The number of aromatic nitrogens is 1. The molecule has 3 nitrogen and oxygen atoms in total. The lowest BCUT2D eigenvalue weighted by atomic mass is 9.96. The van der Waals surface area contributed by atoms with Crippen molar-refractivity contribution in [2.45, 2.75) is 12.3 Å². The summed E-state index contributed by atoms with van der Waals surface area (Å²) in [6.45, 7) is 1.37. The minimum absolute atomic E-state index is 0.131. The largest absolute Gasteiger partial charge is 0.337 e. The first kappa shape index (κ1) is 16.5. The fourth-order valence-corrected chi connectivity index (χ4v) is 3.46. The summed E-state index contributed by atoms with van der Waals surface area (Å²) in [6.07, 6.45) is 2.01. The Labute approximate surface area is 152 Å². The highest BCUT2D eigenvalue weighted by Gasteiger charge is 2.28. The van der Waals surface area contributed by atoms with E-state index in [1.165, 1.54) is 28.8 Å². The van der Waals surface area contributed by atoms with E-state index in [0.29, 0.717) is 24.7 Å². The molecule has 2 heterocycles. The van der Waals surface area contributed by atoms with Crippen molar-refractivity contribution in [1.29, 1.82) is 0 Å². The van der Waals surface area contributed by atoms with Gasteiger partial charge in [-0.3, -0.25) is 4.79 Å². The summed E-state index contributed by atoms with van der Waals surface area (Å²) in [4.78, 5) is 18.2. The van der Waals surface area contributed by atoms with E-state index < -0.39 is 5.82 Å². The zero-order valence-corrected chi connectivity index (χ0v) is 14.3. The smallest absolute Gasteiger partial charge is 0.272 e. The maximum Gasteiger partial charge on any atom is 0.272 e. The second-order valence-electron chi connectivity index (χ2n) is 6.59. The van der Waals surface area contributed by atoms with Crippen molar-refractivity contribution >= 4 is 5.91 Å². The summed E-state index contributed by atoms with van der Waals surface area (Å²) >= 11 is 0. The highest BCUT2D eigenvalue weighted by molar-refractivity contribution is 5.92. The predicted molar refractivity (Wildman–Crippen MR) is 99.3 cm³/mol. The molecule has 0 N–H and O–H groups in total. The monoisotopic (exact) mass is 346 g/mol. The molecule has 4 heteroatoms. The van der Waals surface area contributed by atoms with Crippen molar-refractivity contribution in [2.75, 3.05) is 13.1 Å². The molecule has 2 aromatic carbocycles. The number of amides is 1. The molecule has 0 bridgehead atoms. The zero-order valence-electron chi connectivity index (χ0n) is 14.3. The first-order valence-corrected chi connectivity index (χ1v) is 8.77. The maximum absolute atomic E-state index is 13.0. The summed E-state index contributed by atoms with van der Waals surface area (Å²) in [5, 5.41) is 0. The van der Waals surface area contributed by atoms with Crippen LogP contribution in [0.25, 0.3) is 11.1 Å². The van der Waals surface area contributed by atoms with E-state index in [-0.39, 0.29) is 5.91 Å². The van der Waals surface area contributed by atoms with Gasteiger partial charge in [0.1, 0.15) is 11.5 Å². The van der Waals surface area contributed by atoms with E-state index in [9.17, 15) is 9.18 Å². The van der Waals surface area contributed by atoms with Crippen molar-refractivity contribution in [1.82, 2.24) is 9.88 Å². The van der Waals surface area contributed by atoms with Crippen LogP contribution in [-0.2, 0) is 0 Å². The van der Waals surface area contributed by atoms with E-state index in [0.717, 1.165) is 12.6 Å². The molecule has 1 unspecified atom stereocenters. The summed E-state index contributed by atoms with van der Waals surface area (Å²) in [7, 11) is 0. The van der Waals surface area contributed by atoms with Gasteiger partial charge in [-0.1, -0.05) is 54.6 Å². The molecule has 4 rings (SSSR count). The number of hydrogen-bond donors (Lipinski definition) is 0. The first-order valence-electron chi connectivity index (χ1n) is 8.77. The topological polar surface area (TPSA) is 33.2 Å². The van der Waals surface area contributed by atoms with Gasteiger partial charge in [0, 0.05) is 19.0 Å². The molecule has 1 fully saturated rings. The number of pyridine rings is 1. The molecule has 1 aromatic heterocycles. The average Bonchev–Trinajstić information content (AvgIpc) is 3.19. The van der Waals surface area contributed by atoms with Gasteiger partial charge < -0.3 is 4.90 Å². The van der Waals surface area contributed by atoms with E-state index in [2.05, 4.69) is 41.4 Å². The molecule has 0 radical (unpaired) electrons. The number of rotatable bonds is 3. The lowest BCUT2D eigenvalue weighted by Gasteiger charge is -2.16. The van der Waals surface area contributed by atoms with Gasteiger partial charge in [-0.2, -0.15) is 0 Å². The third-order valence-corrected chi connectivity index (χ3v) is 4.91. The van der Waals surface area contributed by atoms with E-state index >= 15 is 0 Å². The summed E-state index contributed by atoms with van der Waals surface area (Å²) in [5.41, 5.74) is 3.93. The van der Waals surface area contributed by atoms with Gasteiger partial charge in [-0.25, -0.2) is 9.37 Å². The molecule has 26 heavy (non-hydrogen) atoms. The van der Waals surface area contributed by atoms with Crippen LogP contribution in [0.5, 0.6) is 0 Å². The molecule has 1 aliphatic heterocycles. The van der Waals surface area contributed by atoms with Crippen molar-refractivity contribution in [3.05, 3.63) is 90.0 Å². The maximum atomic E-state index is 13.0. The van der Waals surface area contributed by atoms with Gasteiger partial charge in [-0.15, -0.1) is 0 Å². The summed E-state index contributed by atoms with van der Waals surface area (Å²) in [5.74, 6) is -0.239. The first-order chi connectivity index (χ1) is 12.7. The highest BCUT2D eigenvalue weighted by atomic mass is 19.1. The minimum Gasteiger partial charge on any atom is -0.337 e. The van der Waals surface area contributed by atoms with Crippen LogP contribution in [-0.4, -0.2) is 28.9 Å². The van der Waals surface area contributed by atoms with Crippen molar-refractivity contribution in [3.63, 3.8) is 0 Å². The second-order valence-corrected chi connectivity index (χ2v) is 6.59. The lowest BCUT2D eigenvalue weighted by Crippen LogP contribution is -2.29. The molecule has 0 saturated carbocycles.